The number of hydrogen-bond acceptors (Lipinski definition) is 6. The number of rotatable bonds is 4. The lowest BCUT2D eigenvalue weighted by Gasteiger charge is -2.33. The molecule has 0 radical (unpaired) electrons. The molecule has 3 heterocycles. The van der Waals surface area contributed by atoms with Crippen LogP contribution in [-0.4, -0.2) is 40.5 Å². The SMILES string of the molecule is CC(C)Oc1cc2c(cc1F)CN=C2c1cc(N2CCC(F)(C#N)CC2)ncn1. The Morgan fingerprint density at radius 2 is 1.97 bits per heavy atom. The highest BCUT2D eigenvalue weighted by Crippen LogP contribution is 2.31. The van der Waals surface area contributed by atoms with E-state index in [-0.39, 0.29) is 24.7 Å². The minimum Gasteiger partial charge on any atom is -0.488 e. The van der Waals surface area contributed by atoms with Crippen LogP contribution in [-0.2, 0) is 6.54 Å². The average Bonchev–Trinajstić information content (AvgIpc) is 3.11. The predicted molar refractivity (Wildman–Crippen MR) is 104 cm³/mol. The standard InChI is InChI=1S/C21H21F2N5O/c1-13(2)29-18-8-15-14(7-16(18)22)10-25-20(15)17-9-19(27-12-26-17)28-5-3-21(23,11-24)4-6-28/h7-9,12-13H,3-6,10H2,1-2H3. The average molecular weight is 397 g/mol. The number of halogens is 2. The largest absolute Gasteiger partial charge is 0.488 e. The first-order valence-electron chi connectivity index (χ1n) is 9.60. The molecule has 4 rings (SSSR count). The van der Waals surface area contributed by atoms with Crippen LogP contribution in [0, 0.1) is 17.1 Å². The summed E-state index contributed by atoms with van der Waals surface area (Å²) in [6.07, 6.45) is 1.58. The van der Waals surface area contributed by atoms with Gasteiger partial charge in [-0.25, -0.2) is 18.7 Å². The molecule has 0 saturated carbocycles. The molecule has 6 nitrogen and oxygen atoms in total. The Morgan fingerprint density at radius 1 is 1.21 bits per heavy atom. The van der Waals surface area contributed by atoms with Crippen molar-refractivity contribution in [1.82, 2.24) is 9.97 Å². The van der Waals surface area contributed by atoms with Gasteiger partial charge in [-0.1, -0.05) is 0 Å². The molecule has 0 aliphatic carbocycles. The van der Waals surface area contributed by atoms with Crippen LogP contribution in [0.15, 0.2) is 29.5 Å². The molecule has 29 heavy (non-hydrogen) atoms. The molecule has 0 spiro atoms. The van der Waals surface area contributed by atoms with Crippen molar-refractivity contribution >= 4 is 11.5 Å². The van der Waals surface area contributed by atoms with Crippen LogP contribution >= 0.6 is 0 Å². The van der Waals surface area contributed by atoms with Gasteiger partial charge in [0.15, 0.2) is 17.2 Å². The Labute approximate surface area is 167 Å². The summed E-state index contributed by atoms with van der Waals surface area (Å²) < 4.78 is 34.0. The number of alkyl halides is 1. The van der Waals surface area contributed by atoms with Crippen molar-refractivity contribution in [1.29, 1.82) is 5.26 Å². The molecular formula is C21H21F2N5O. The fraction of sp³-hybridized carbons (Fsp3) is 0.429. The Morgan fingerprint density at radius 3 is 2.66 bits per heavy atom. The fourth-order valence-corrected chi connectivity index (χ4v) is 3.61. The molecule has 0 bridgehead atoms. The first-order chi connectivity index (χ1) is 13.9. The third kappa shape index (κ3) is 3.77. The van der Waals surface area contributed by atoms with Crippen LogP contribution in [0.5, 0.6) is 5.75 Å². The van der Waals surface area contributed by atoms with E-state index in [1.54, 1.807) is 18.2 Å². The van der Waals surface area contributed by atoms with Gasteiger partial charge in [0, 0.05) is 37.6 Å². The number of nitriles is 1. The van der Waals surface area contributed by atoms with Gasteiger partial charge < -0.3 is 9.64 Å². The van der Waals surface area contributed by atoms with Crippen molar-refractivity contribution < 1.29 is 13.5 Å². The van der Waals surface area contributed by atoms with Crippen molar-refractivity contribution in [2.24, 2.45) is 4.99 Å². The minimum atomic E-state index is -1.77. The third-order valence-corrected chi connectivity index (χ3v) is 5.16. The Hall–Kier alpha value is -3.08. The molecule has 8 heteroatoms. The van der Waals surface area contributed by atoms with Gasteiger partial charge in [-0.05, 0) is 31.5 Å². The summed E-state index contributed by atoms with van der Waals surface area (Å²) in [4.78, 5) is 15.1. The number of anilines is 1. The summed E-state index contributed by atoms with van der Waals surface area (Å²) >= 11 is 0. The lowest BCUT2D eigenvalue weighted by Crippen LogP contribution is -2.41. The lowest BCUT2D eigenvalue weighted by atomic mass is 9.95. The van der Waals surface area contributed by atoms with Crippen molar-refractivity contribution in [3.05, 3.63) is 47.2 Å². The molecule has 2 aromatic rings. The van der Waals surface area contributed by atoms with E-state index in [4.69, 9.17) is 10.00 Å². The second kappa shape index (κ2) is 7.39. The molecule has 0 unspecified atom stereocenters. The predicted octanol–water partition coefficient (Wildman–Crippen LogP) is 3.59. The summed E-state index contributed by atoms with van der Waals surface area (Å²) in [6, 6.07) is 6.69. The van der Waals surface area contributed by atoms with Gasteiger partial charge in [0.25, 0.3) is 0 Å². The van der Waals surface area contributed by atoms with E-state index in [9.17, 15) is 8.78 Å². The van der Waals surface area contributed by atoms with E-state index in [0.717, 1.165) is 11.1 Å². The van der Waals surface area contributed by atoms with Gasteiger partial charge >= 0.3 is 0 Å². The molecule has 0 amide bonds. The second-order valence-corrected chi connectivity index (χ2v) is 7.60. The molecule has 1 aromatic carbocycles. The molecule has 1 aromatic heterocycles. The van der Waals surface area contributed by atoms with Gasteiger partial charge in [-0.3, -0.25) is 4.99 Å². The molecule has 1 saturated heterocycles. The number of benzene rings is 1. The summed E-state index contributed by atoms with van der Waals surface area (Å²) in [7, 11) is 0. The van der Waals surface area contributed by atoms with Crippen molar-refractivity contribution in [2.45, 2.75) is 45.0 Å². The van der Waals surface area contributed by atoms with Crippen LogP contribution in [0.1, 0.15) is 43.5 Å². The number of ether oxygens (including phenoxy) is 1. The number of aliphatic imine (C=N–C) groups is 1. The van der Waals surface area contributed by atoms with E-state index in [0.29, 0.717) is 36.9 Å². The maximum absolute atomic E-state index is 14.3. The highest BCUT2D eigenvalue weighted by Gasteiger charge is 2.35. The van der Waals surface area contributed by atoms with Gasteiger partial charge in [0.1, 0.15) is 18.2 Å². The molecular weight excluding hydrogens is 376 g/mol. The van der Waals surface area contributed by atoms with Gasteiger partial charge in [0.2, 0.25) is 0 Å². The van der Waals surface area contributed by atoms with E-state index in [1.165, 1.54) is 12.4 Å². The lowest BCUT2D eigenvalue weighted by molar-refractivity contribution is 0.193. The van der Waals surface area contributed by atoms with Gasteiger partial charge in [0.05, 0.1) is 24.1 Å². The van der Waals surface area contributed by atoms with Crippen LogP contribution < -0.4 is 9.64 Å². The zero-order chi connectivity index (χ0) is 20.6. The van der Waals surface area contributed by atoms with Crippen molar-refractivity contribution in [2.75, 3.05) is 18.0 Å². The highest BCUT2D eigenvalue weighted by molar-refractivity contribution is 6.14. The maximum atomic E-state index is 14.3. The van der Waals surface area contributed by atoms with E-state index < -0.39 is 11.5 Å². The maximum Gasteiger partial charge on any atom is 0.199 e. The smallest absolute Gasteiger partial charge is 0.199 e. The van der Waals surface area contributed by atoms with Crippen molar-refractivity contribution in [3.8, 4) is 11.8 Å². The van der Waals surface area contributed by atoms with Crippen LogP contribution in [0.4, 0.5) is 14.6 Å². The van der Waals surface area contributed by atoms with Crippen LogP contribution in [0.3, 0.4) is 0 Å². The summed E-state index contributed by atoms with van der Waals surface area (Å²) in [5.74, 6) is 0.444. The van der Waals surface area contributed by atoms with Gasteiger partial charge in [-0.15, -0.1) is 0 Å². The highest BCUT2D eigenvalue weighted by atomic mass is 19.1. The monoisotopic (exact) mass is 397 g/mol. The Kier molecular flexibility index (Phi) is 4.91. The fourth-order valence-electron chi connectivity index (χ4n) is 3.61. The number of fused-ring (bicyclic) bond motifs is 1. The number of piperidine rings is 1. The van der Waals surface area contributed by atoms with Gasteiger partial charge in [-0.2, -0.15) is 5.26 Å². The number of aromatic nitrogens is 2. The van der Waals surface area contributed by atoms with E-state index >= 15 is 0 Å². The Balaban J connectivity index is 1.60. The Bertz CT molecular complexity index is 1010. The summed E-state index contributed by atoms with van der Waals surface area (Å²) in [5, 5.41) is 8.96. The zero-order valence-electron chi connectivity index (χ0n) is 16.3. The summed E-state index contributed by atoms with van der Waals surface area (Å²) in [6.45, 7) is 4.87. The molecule has 1 fully saturated rings. The van der Waals surface area contributed by atoms with E-state index in [1.807, 2.05) is 18.7 Å². The van der Waals surface area contributed by atoms with Crippen LogP contribution in [0.25, 0.3) is 0 Å². The quantitative estimate of drug-likeness (QED) is 0.788. The molecule has 2 aliphatic heterocycles. The van der Waals surface area contributed by atoms with Crippen molar-refractivity contribution in [3.63, 3.8) is 0 Å². The zero-order valence-corrected chi connectivity index (χ0v) is 16.3. The summed E-state index contributed by atoms with van der Waals surface area (Å²) in [5.41, 5.74) is 1.08. The molecule has 2 aliphatic rings. The molecule has 0 N–H and O–H groups in total. The number of nitrogens with zero attached hydrogens (tertiary/aromatic N) is 5. The van der Waals surface area contributed by atoms with Crippen LogP contribution in [0.2, 0.25) is 0 Å². The topological polar surface area (TPSA) is 74.4 Å². The second-order valence-electron chi connectivity index (χ2n) is 7.60. The molecule has 0 atom stereocenters. The molecule has 150 valence electrons. The first kappa shape index (κ1) is 19.2. The third-order valence-electron chi connectivity index (χ3n) is 5.16. The van der Waals surface area contributed by atoms with E-state index in [2.05, 4.69) is 15.0 Å². The number of hydrogen-bond donors (Lipinski definition) is 0. The normalized spacial score (nSPS) is 17.7. The minimum absolute atomic E-state index is 0.141. The first-order valence-corrected chi connectivity index (χ1v) is 9.60.